The Morgan fingerprint density at radius 2 is 1.74 bits per heavy atom. The molecule has 0 saturated carbocycles. The van der Waals surface area contributed by atoms with Crippen molar-refractivity contribution in [2.45, 2.75) is 49.7 Å². The van der Waals surface area contributed by atoms with Crippen LogP contribution in [0.25, 0.3) is 0 Å². The van der Waals surface area contributed by atoms with Crippen molar-refractivity contribution in [3.8, 4) is 0 Å². The zero-order valence-electron chi connectivity index (χ0n) is 21.5. The van der Waals surface area contributed by atoms with Crippen molar-refractivity contribution in [3.63, 3.8) is 0 Å². The number of carbonyl (C=O) groups is 1. The highest BCUT2D eigenvalue weighted by atomic mass is 19.4. The third kappa shape index (κ3) is 9.18. The van der Waals surface area contributed by atoms with Gasteiger partial charge in [-0.2, -0.15) is 13.2 Å². The van der Waals surface area contributed by atoms with E-state index in [-0.39, 0.29) is 32.3 Å². The number of amides is 1. The van der Waals surface area contributed by atoms with Crippen molar-refractivity contribution in [1.82, 2.24) is 15.3 Å². The molecule has 1 aromatic heterocycles. The fourth-order valence-electron chi connectivity index (χ4n) is 3.87. The van der Waals surface area contributed by atoms with Crippen LogP contribution in [0.3, 0.4) is 0 Å². The highest BCUT2D eigenvalue weighted by Crippen LogP contribution is 2.38. The molecule has 2 fully saturated rings. The molecule has 2 aliphatic heterocycles. The second-order valence-electron chi connectivity index (χ2n) is 8.82. The van der Waals surface area contributed by atoms with Crippen LogP contribution in [-0.2, 0) is 39.4 Å². The third-order valence-electron chi connectivity index (χ3n) is 5.96. The van der Waals surface area contributed by atoms with Crippen molar-refractivity contribution in [3.05, 3.63) is 18.0 Å². The fourth-order valence-corrected chi connectivity index (χ4v) is 3.87. The number of halogens is 3. The normalized spacial score (nSPS) is 26.5. The quantitative estimate of drug-likeness (QED) is 0.182. The zero-order valence-corrected chi connectivity index (χ0v) is 21.5. The lowest BCUT2D eigenvalue weighted by molar-refractivity contribution is -0.230. The predicted molar refractivity (Wildman–Crippen MR) is 127 cm³/mol. The first-order valence-corrected chi connectivity index (χ1v) is 12.6. The number of hydrogen-bond donors (Lipinski definition) is 4. The summed E-state index contributed by atoms with van der Waals surface area (Å²) in [6.07, 6.45) is -7.29. The minimum Gasteiger partial charge on any atom is -0.388 e. The minimum atomic E-state index is -4.67. The first-order valence-electron chi connectivity index (χ1n) is 12.6. The van der Waals surface area contributed by atoms with E-state index in [9.17, 15) is 28.2 Å². The van der Waals surface area contributed by atoms with Gasteiger partial charge in [0.05, 0.1) is 59.5 Å². The van der Waals surface area contributed by atoms with Gasteiger partial charge >= 0.3 is 6.18 Å². The third-order valence-corrected chi connectivity index (χ3v) is 5.96. The van der Waals surface area contributed by atoms with E-state index in [1.54, 1.807) is 6.92 Å². The molecule has 16 heteroatoms. The largest absolute Gasteiger partial charge is 0.433 e. The average Bonchev–Trinajstić information content (AvgIpc) is 3.32. The number of aliphatic hydroxyl groups excluding tert-OH is 2. The molecule has 5 atom stereocenters. The van der Waals surface area contributed by atoms with Crippen LogP contribution in [0.15, 0.2) is 12.3 Å². The van der Waals surface area contributed by atoms with E-state index in [4.69, 9.17) is 28.4 Å². The number of ether oxygens (including phenoxy) is 6. The van der Waals surface area contributed by atoms with Gasteiger partial charge in [-0.25, -0.2) is 9.97 Å². The molecule has 0 spiro atoms. The molecule has 2 aliphatic rings. The summed E-state index contributed by atoms with van der Waals surface area (Å²) in [6.45, 7) is 4.32. The van der Waals surface area contributed by atoms with E-state index in [1.807, 2.05) is 0 Å². The van der Waals surface area contributed by atoms with E-state index in [0.717, 1.165) is 12.3 Å². The molecule has 13 nitrogen and oxygen atoms in total. The Morgan fingerprint density at radius 3 is 2.38 bits per heavy atom. The summed E-state index contributed by atoms with van der Waals surface area (Å²) in [4.78, 5) is 18.2. The van der Waals surface area contributed by atoms with Crippen molar-refractivity contribution >= 4 is 11.9 Å². The number of alkyl halides is 3. The Bertz CT molecular complexity index is 901. The Kier molecular flexibility index (Phi) is 12.1. The van der Waals surface area contributed by atoms with Gasteiger partial charge < -0.3 is 49.3 Å². The monoisotopic (exact) mass is 568 g/mol. The summed E-state index contributed by atoms with van der Waals surface area (Å²) in [5.41, 5.74) is -2.51. The summed E-state index contributed by atoms with van der Waals surface area (Å²) in [7, 11) is 0. The molecule has 0 radical (unpaired) electrons. The van der Waals surface area contributed by atoms with Crippen molar-refractivity contribution in [2.24, 2.45) is 0 Å². The molecular weight excluding hydrogens is 533 g/mol. The number of anilines is 1. The Hall–Kier alpha value is -2.18. The molecular formula is C23H35F3N4O9. The Morgan fingerprint density at radius 1 is 1.10 bits per heavy atom. The number of carbonyl (C=O) groups excluding carboxylic acids is 1. The number of nitrogens with one attached hydrogen (secondary N) is 2. The summed E-state index contributed by atoms with van der Waals surface area (Å²) in [5.74, 6) is -0.416. The molecule has 0 aromatic carbocycles. The molecule has 1 aromatic rings. The average molecular weight is 569 g/mol. The molecule has 0 unspecified atom stereocenters. The van der Waals surface area contributed by atoms with Crippen LogP contribution in [0, 0.1) is 0 Å². The highest BCUT2D eigenvalue weighted by molar-refractivity contribution is 5.75. The van der Waals surface area contributed by atoms with E-state index in [0.29, 0.717) is 46.0 Å². The number of hydrogen-bond acceptors (Lipinski definition) is 12. The van der Waals surface area contributed by atoms with Gasteiger partial charge in [-0.05, 0) is 6.07 Å². The first-order chi connectivity index (χ1) is 18.7. The van der Waals surface area contributed by atoms with Crippen LogP contribution in [0.5, 0.6) is 0 Å². The van der Waals surface area contributed by atoms with E-state index in [1.165, 1.54) is 0 Å². The van der Waals surface area contributed by atoms with E-state index >= 15 is 0 Å². The molecule has 39 heavy (non-hydrogen) atoms. The molecule has 2 bridgehead atoms. The highest BCUT2D eigenvalue weighted by Gasteiger charge is 2.59. The number of aromatic nitrogens is 2. The van der Waals surface area contributed by atoms with Crippen LogP contribution in [0.4, 0.5) is 19.1 Å². The maximum Gasteiger partial charge on any atom is 0.433 e. The van der Waals surface area contributed by atoms with Crippen LogP contribution in [-0.4, -0.2) is 122 Å². The molecule has 2 saturated heterocycles. The molecule has 3 heterocycles. The van der Waals surface area contributed by atoms with Gasteiger partial charge in [0.1, 0.15) is 29.5 Å². The molecule has 1 amide bonds. The second-order valence-corrected chi connectivity index (χ2v) is 8.82. The van der Waals surface area contributed by atoms with E-state index < -0.39 is 48.0 Å². The standard InChI is InChI=1S/C23H35F3N4O9/c1-2-16(31)27-5-6-34-7-8-35-9-10-36-11-12-37-13-22-14-38-20(39-22)17(18(32)19(22)33)30-21-28-4-3-15(29-21)23(24,25)26/h3-4,17-20,32-33H,2,5-14H2,1H3,(H,27,31)(H,28,29,30)/t17-,18-,19-,20+,22+/m1/s1. The molecule has 222 valence electrons. The fraction of sp³-hybridized carbons (Fsp3) is 0.783. The van der Waals surface area contributed by atoms with Crippen LogP contribution >= 0.6 is 0 Å². The first kappa shape index (κ1) is 31.3. The van der Waals surface area contributed by atoms with Gasteiger partial charge in [0.25, 0.3) is 0 Å². The number of fused-ring (bicyclic) bond motifs is 2. The maximum absolute atomic E-state index is 12.9. The zero-order chi connectivity index (χ0) is 28.3. The smallest absolute Gasteiger partial charge is 0.388 e. The maximum atomic E-state index is 12.9. The van der Waals surface area contributed by atoms with Crippen molar-refractivity contribution in [2.75, 3.05) is 71.3 Å². The molecule has 4 N–H and O–H groups in total. The summed E-state index contributed by atoms with van der Waals surface area (Å²) >= 11 is 0. The van der Waals surface area contributed by atoms with Gasteiger partial charge in [-0.3, -0.25) is 4.79 Å². The SMILES string of the molecule is CCC(=O)NCCOCCOCCOCCOC[C@@]12CO[C@@H](O1)[C@H](Nc1nccc(C(F)(F)F)n1)[C@@H](O)[C@H]2O. The lowest BCUT2D eigenvalue weighted by Crippen LogP contribution is -2.64. The topological polar surface area (TPSA) is 163 Å². The van der Waals surface area contributed by atoms with Crippen LogP contribution in [0.2, 0.25) is 0 Å². The lowest BCUT2D eigenvalue weighted by atomic mass is 9.88. The summed E-state index contributed by atoms with van der Waals surface area (Å²) < 4.78 is 71.8. The summed E-state index contributed by atoms with van der Waals surface area (Å²) in [6, 6.07) is -0.399. The Balaban J connectivity index is 1.28. The molecule has 0 aliphatic carbocycles. The van der Waals surface area contributed by atoms with Gasteiger partial charge in [-0.15, -0.1) is 0 Å². The number of aliphatic hydroxyl groups is 2. The minimum absolute atomic E-state index is 0.0228. The van der Waals surface area contributed by atoms with Gasteiger partial charge in [-0.1, -0.05) is 6.92 Å². The number of rotatable bonds is 17. The Labute approximate surface area is 223 Å². The van der Waals surface area contributed by atoms with E-state index in [2.05, 4.69) is 20.6 Å². The van der Waals surface area contributed by atoms with Crippen LogP contribution < -0.4 is 10.6 Å². The van der Waals surface area contributed by atoms with Crippen molar-refractivity contribution in [1.29, 1.82) is 0 Å². The molecule has 3 rings (SSSR count). The van der Waals surface area contributed by atoms with Gasteiger partial charge in [0, 0.05) is 19.2 Å². The van der Waals surface area contributed by atoms with Crippen molar-refractivity contribution < 1.29 is 56.6 Å². The predicted octanol–water partition coefficient (Wildman–Crippen LogP) is -0.284. The van der Waals surface area contributed by atoms with Gasteiger partial charge in [0.15, 0.2) is 6.29 Å². The van der Waals surface area contributed by atoms with Crippen LogP contribution in [0.1, 0.15) is 19.0 Å². The summed E-state index contributed by atoms with van der Waals surface area (Å²) in [5, 5.41) is 26.6. The lowest BCUT2D eigenvalue weighted by Gasteiger charge is -2.42. The number of nitrogens with zero attached hydrogens (tertiary/aromatic N) is 2. The second kappa shape index (κ2) is 15.0. The van der Waals surface area contributed by atoms with Gasteiger partial charge in [0.2, 0.25) is 11.9 Å².